The number of pyridine rings is 1. The second-order valence-corrected chi connectivity index (χ2v) is 7.38. The number of benzene rings is 2. The van der Waals surface area contributed by atoms with Gasteiger partial charge in [0.2, 0.25) is 0 Å². The molecule has 0 saturated carbocycles. The van der Waals surface area contributed by atoms with E-state index in [1.54, 1.807) is 14.2 Å². The Balaban J connectivity index is 2.13. The van der Waals surface area contributed by atoms with Crippen molar-refractivity contribution in [2.24, 2.45) is 0 Å². The molecular weight excluding hydrogens is 392 g/mol. The fourth-order valence-electron chi connectivity index (χ4n) is 3.32. The lowest BCUT2D eigenvalue weighted by Crippen LogP contribution is -2.31. The summed E-state index contributed by atoms with van der Waals surface area (Å²) < 4.78 is 10.8. The van der Waals surface area contributed by atoms with Crippen molar-refractivity contribution in [3.8, 4) is 22.8 Å². The first-order valence-corrected chi connectivity index (χ1v) is 9.62. The van der Waals surface area contributed by atoms with Crippen LogP contribution in [0.3, 0.4) is 0 Å². The molecule has 1 heterocycles. The number of fused-ring (bicyclic) bond motifs is 1. The molecule has 0 radical (unpaired) electrons. The maximum atomic E-state index is 9.77. The molecule has 0 aliphatic rings. The fraction of sp³-hybridized carbons (Fsp3) is 0.318. The maximum Gasteiger partial charge on any atom is 0.162 e. The van der Waals surface area contributed by atoms with Crippen LogP contribution in [0.4, 0.5) is 0 Å². The zero-order chi connectivity index (χ0) is 21.0. The number of aliphatic hydroxyl groups is 2. The summed E-state index contributed by atoms with van der Waals surface area (Å²) in [5.74, 6) is 1.24. The molecule has 0 saturated heterocycles. The Morgan fingerprint density at radius 2 is 1.83 bits per heavy atom. The van der Waals surface area contributed by atoms with Gasteiger partial charge in [-0.1, -0.05) is 23.7 Å². The number of aliphatic hydroxyl groups excluding tert-OH is 2. The molecule has 0 bridgehead atoms. The number of rotatable bonds is 8. The Morgan fingerprint density at radius 1 is 1.10 bits per heavy atom. The molecule has 0 aliphatic heterocycles. The molecule has 29 heavy (non-hydrogen) atoms. The van der Waals surface area contributed by atoms with Crippen LogP contribution < -0.4 is 9.47 Å². The van der Waals surface area contributed by atoms with Gasteiger partial charge in [0.1, 0.15) is 0 Å². The SMILES string of the molecule is COc1cc2cc(CN(C)C[C@@H](O)CO)c(-c3cccc(Cl)c3)nc2cc1OC. The van der Waals surface area contributed by atoms with Crippen LogP contribution in [0.1, 0.15) is 5.56 Å². The summed E-state index contributed by atoms with van der Waals surface area (Å²) in [5, 5.41) is 20.5. The molecule has 2 N–H and O–H groups in total. The van der Waals surface area contributed by atoms with Gasteiger partial charge >= 0.3 is 0 Å². The lowest BCUT2D eigenvalue weighted by molar-refractivity contribution is 0.0648. The van der Waals surface area contributed by atoms with Gasteiger partial charge in [0, 0.05) is 35.1 Å². The minimum Gasteiger partial charge on any atom is -0.493 e. The Hall–Kier alpha value is -2.38. The molecule has 3 aromatic rings. The number of ether oxygens (including phenoxy) is 2. The molecule has 3 rings (SSSR count). The van der Waals surface area contributed by atoms with Gasteiger partial charge in [-0.2, -0.15) is 0 Å². The fourth-order valence-corrected chi connectivity index (χ4v) is 3.51. The average molecular weight is 417 g/mol. The Labute approximate surface area is 175 Å². The van der Waals surface area contributed by atoms with Crippen molar-refractivity contribution in [2.75, 3.05) is 34.4 Å². The largest absolute Gasteiger partial charge is 0.493 e. The third-order valence-electron chi connectivity index (χ3n) is 4.67. The number of nitrogens with zero attached hydrogens (tertiary/aromatic N) is 2. The van der Waals surface area contributed by atoms with Crippen molar-refractivity contribution >= 4 is 22.5 Å². The molecule has 2 aromatic carbocycles. The molecule has 154 valence electrons. The summed E-state index contributed by atoms with van der Waals surface area (Å²) in [6.07, 6.45) is -0.799. The molecule has 0 spiro atoms. The van der Waals surface area contributed by atoms with Crippen LogP contribution in [0.2, 0.25) is 5.02 Å². The highest BCUT2D eigenvalue weighted by Crippen LogP contribution is 2.35. The molecule has 1 atom stereocenters. The van der Waals surface area contributed by atoms with Crippen molar-refractivity contribution in [1.82, 2.24) is 9.88 Å². The van der Waals surface area contributed by atoms with Gasteiger partial charge in [-0.15, -0.1) is 0 Å². The third-order valence-corrected chi connectivity index (χ3v) is 4.91. The predicted octanol–water partition coefficient (Wildman–Crippen LogP) is 3.36. The molecule has 1 aromatic heterocycles. The summed E-state index contributed by atoms with van der Waals surface area (Å²) in [6, 6.07) is 13.4. The van der Waals surface area contributed by atoms with E-state index in [0.717, 1.165) is 27.7 Å². The lowest BCUT2D eigenvalue weighted by Gasteiger charge is -2.21. The van der Waals surface area contributed by atoms with Crippen LogP contribution in [-0.4, -0.2) is 60.6 Å². The van der Waals surface area contributed by atoms with Crippen LogP contribution in [-0.2, 0) is 6.54 Å². The van der Waals surface area contributed by atoms with Crippen molar-refractivity contribution < 1.29 is 19.7 Å². The van der Waals surface area contributed by atoms with Gasteiger partial charge in [0.05, 0.1) is 38.1 Å². The maximum absolute atomic E-state index is 9.77. The van der Waals surface area contributed by atoms with E-state index in [1.807, 2.05) is 48.3 Å². The van der Waals surface area contributed by atoms with Crippen molar-refractivity contribution in [2.45, 2.75) is 12.6 Å². The number of aromatic nitrogens is 1. The predicted molar refractivity (Wildman–Crippen MR) is 115 cm³/mol. The van der Waals surface area contributed by atoms with Crippen LogP contribution in [0, 0.1) is 0 Å². The zero-order valence-electron chi connectivity index (χ0n) is 16.7. The second-order valence-electron chi connectivity index (χ2n) is 6.94. The lowest BCUT2D eigenvalue weighted by atomic mass is 10.0. The van der Waals surface area contributed by atoms with Crippen molar-refractivity contribution in [3.63, 3.8) is 0 Å². The highest BCUT2D eigenvalue weighted by atomic mass is 35.5. The number of likely N-dealkylation sites (N-methyl/N-ethyl adjacent to an activating group) is 1. The Kier molecular flexibility index (Phi) is 6.92. The third kappa shape index (κ3) is 4.97. The first-order chi connectivity index (χ1) is 13.9. The van der Waals surface area contributed by atoms with Crippen molar-refractivity contribution in [3.05, 3.63) is 53.1 Å². The van der Waals surface area contributed by atoms with E-state index in [9.17, 15) is 5.11 Å². The smallest absolute Gasteiger partial charge is 0.162 e. The Bertz CT molecular complexity index is 996. The number of halogens is 1. The second kappa shape index (κ2) is 9.41. The van der Waals surface area contributed by atoms with Crippen LogP contribution >= 0.6 is 11.6 Å². The van der Waals surface area contributed by atoms with E-state index in [0.29, 0.717) is 29.6 Å². The normalized spacial score (nSPS) is 12.4. The summed E-state index contributed by atoms with van der Waals surface area (Å²) >= 11 is 6.21. The first-order valence-electron chi connectivity index (χ1n) is 9.24. The number of hydrogen-bond acceptors (Lipinski definition) is 6. The number of hydrogen-bond donors (Lipinski definition) is 2. The zero-order valence-corrected chi connectivity index (χ0v) is 17.5. The van der Waals surface area contributed by atoms with E-state index in [4.69, 9.17) is 31.2 Å². The van der Waals surface area contributed by atoms with E-state index in [-0.39, 0.29) is 6.61 Å². The minimum atomic E-state index is -0.799. The molecule has 0 aliphatic carbocycles. The monoisotopic (exact) mass is 416 g/mol. The molecule has 6 nitrogen and oxygen atoms in total. The number of methoxy groups -OCH3 is 2. The summed E-state index contributed by atoms with van der Waals surface area (Å²) in [4.78, 5) is 6.83. The quantitative estimate of drug-likeness (QED) is 0.586. The Morgan fingerprint density at radius 3 is 2.48 bits per heavy atom. The van der Waals surface area contributed by atoms with Crippen LogP contribution in [0.15, 0.2) is 42.5 Å². The highest BCUT2D eigenvalue weighted by molar-refractivity contribution is 6.30. The first kappa shape index (κ1) is 21.3. The molecular formula is C22H25ClN2O4. The van der Waals surface area contributed by atoms with Gasteiger partial charge in [-0.25, -0.2) is 4.98 Å². The highest BCUT2D eigenvalue weighted by Gasteiger charge is 2.16. The van der Waals surface area contributed by atoms with E-state index in [2.05, 4.69) is 6.07 Å². The van der Waals surface area contributed by atoms with Crippen molar-refractivity contribution in [1.29, 1.82) is 0 Å². The standard InChI is InChI=1S/C22H25ClN2O4/c1-25(12-18(27)13-26)11-16-7-15-9-20(28-2)21(29-3)10-19(15)24-22(16)14-5-4-6-17(23)8-14/h4-10,18,26-27H,11-13H2,1-3H3/t18-/m1/s1. The van der Waals surface area contributed by atoms with Gasteiger partial charge in [-0.05, 0) is 36.9 Å². The molecule has 7 heteroatoms. The summed E-state index contributed by atoms with van der Waals surface area (Å²) in [6.45, 7) is 0.601. The molecule has 0 unspecified atom stereocenters. The van der Waals surface area contributed by atoms with E-state index < -0.39 is 6.10 Å². The van der Waals surface area contributed by atoms with E-state index in [1.165, 1.54) is 0 Å². The summed E-state index contributed by atoms with van der Waals surface area (Å²) in [5.41, 5.74) is 3.46. The van der Waals surface area contributed by atoms with E-state index >= 15 is 0 Å². The van der Waals surface area contributed by atoms with Crippen LogP contribution in [0.25, 0.3) is 22.2 Å². The van der Waals surface area contributed by atoms with Gasteiger partial charge in [-0.3, -0.25) is 4.90 Å². The van der Waals surface area contributed by atoms with Gasteiger partial charge in [0.25, 0.3) is 0 Å². The van der Waals surface area contributed by atoms with Gasteiger partial charge < -0.3 is 19.7 Å². The van der Waals surface area contributed by atoms with Gasteiger partial charge in [0.15, 0.2) is 11.5 Å². The molecule has 0 fully saturated rings. The average Bonchev–Trinajstić information content (AvgIpc) is 2.72. The summed E-state index contributed by atoms with van der Waals surface area (Å²) in [7, 11) is 5.08. The topological polar surface area (TPSA) is 75.1 Å². The minimum absolute atomic E-state index is 0.279. The molecule has 0 amide bonds. The van der Waals surface area contributed by atoms with Crippen LogP contribution in [0.5, 0.6) is 11.5 Å².